The van der Waals surface area contributed by atoms with E-state index < -0.39 is 23.1 Å². The van der Waals surface area contributed by atoms with Crippen LogP contribution >= 0.6 is 15.9 Å². The van der Waals surface area contributed by atoms with Crippen LogP contribution in [0, 0.1) is 5.41 Å². The van der Waals surface area contributed by atoms with E-state index in [9.17, 15) is 18.0 Å². The standard InChI is InChI=1S/C14H15BrF3NO2/c1-13(12(20)21)2-3-19(8-13)7-9-4-10(14(16,17)18)6-11(15)5-9/h4-6H,2-3,7-8H2,1H3,(H,20,21). The number of likely N-dealkylation sites (tertiary alicyclic amines) is 1. The van der Waals surface area contributed by atoms with Crippen LogP contribution in [0.1, 0.15) is 24.5 Å². The SMILES string of the molecule is CC1(C(=O)O)CCN(Cc2cc(Br)cc(C(F)(F)F)c2)C1. The van der Waals surface area contributed by atoms with Gasteiger partial charge in [-0.2, -0.15) is 13.2 Å². The molecule has 1 atom stereocenters. The third-order valence-corrected chi connectivity index (χ3v) is 4.22. The Morgan fingerprint density at radius 2 is 2.10 bits per heavy atom. The van der Waals surface area contributed by atoms with Crippen molar-refractivity contribution in [2.75, 3.05) is 13.1 Å². The fraction of sp³-hybridized carbons (Fsp3) is 0.500. The van der Waals surface area contributed by atoms with E-state index in [0.29, 0.717) is 36.1 Å². The van der Waals surface area contributed by atoms with Crippen molar-refractivity contribution in [2.24, 2.45) is 5.41 Å². The number of hydrogen-bond donors (Lipinski definition) is 1. The molecule has 0 aromatic heterocycles. The van der Waals surface area contributed by atoms with E-state index in [1.165, 1.54) is 0 Å². The van der Waals surface area contributed by atoms with E-state index in [4.69, 9.17) is 5.11 Å². The number of nitrogens with zero attached hydrogens (tertiary/aromatic N) is 1. The predicted octanol–water partition coefficient (Wildman–Crippen LogP) is 3.76. The second kappa shape index (κ2) is 5.61. The summed E-state index contributed by atoms with van der Waals surface area (Å²) >= 11 is 3.09. The van der Waals surface area contributed by atoms with Crippen LogP contribution in [0.3, 0.4) is 0 Å². The van der Waals surface area contributed by atoms with Gasteiger partial charge >= 0.3 is 12.1 Å². The van der Waals surface area contributed by atoms with Crippen molar-refractivity contribution < 1.29 is 23.1 Å². The highest BCUT2D eigenvalue weighted by molar-refractivity contribution is 9.10. The molecule has 21 heavy (non-hydrogen) atoms. The maximum atomic E-state index is 12.8. The molecular formula is C14H15BrF3NO2. The number of rotatable bonds is 3. The van der Waals surface area contributed by atoms with Crippen LogP contribution in [0.25, 0.3) is 0 Å². The Kier molecular flexibility index (Phi) is 4.35. The fourth-order valence-electron chi connectivity index (χ4n) is 2.53. The molecule has 1 aliphatic heterocycles. The van der Waals surface area contributed by atoms with Gasteiger partial charge in [0.1, 0.15) is 0 Å². The first-order valence-corrected chi connectivity index (χ1v) is 7.22. The van der Waals surface area contributed by atoms with Gasteiger partial charge in [-0.25, -0.2) is 0 Å². The largest absolute Gasteiger partial charge is 0.481 e. The molecule has 1 saturated heterocycles. The predicted molar refractivity (Wildman–Crippen MR) is 74.8 cm³/mol. The summed E-state index contributed by atoms with van der Waals surface area (Å²) < 4.78 is 38.7. The Morgan fingerprint density at radius 1 is 1.43 bits per heavy atom. The number of carboxylic acids is 1. The molecule has 7 heteroatoms. The summed E-state index contributed by atoms with van der Waals surface area (Å²) in [5.74, 6) is -0.866. The molecule has 0 radical (unpaired) electrons. The number of hydrogen-bond acceptors (Lipinski definition) is 2. The molecule has 1 heterocycles. The third-order valence-electron chi connectivity index (χ3n) is 3.76. The third kappa shape index (κ3) is 3.77. The minimum atomic E-state index is -4.39. The van der Waals surface area contributed by atoms with Crippen molar-refractivity contribution in [1.82, 2.24) is 4.90 Å². The summed E-state index contributed by atoms with van der Waals surface area (Å²) in [7, 11) is 0. The monoisotopic (exact) mass is 365 g/mol. The maximum Gasteiger partial charge on any atom is 0.416 e. The highest BCUT2D eigenvalue weighted by Gasteiger charge is 2.40. The van der Waals surface area contributed by atoms with Gasteiger partial charge < -0.3 is 5.11 Å². The molecule has 1 N–H and O–H groups in total. The zero-order chi connectivity index (χ0) is 15.8. The second-order valence-electron chi connectivity index (χ2n) is 5.67. The van der Waals surface area contributed by atoms with Gasteiger partial charge in [0.05, 0.1) is 11.0 Å². The van der Waals surface area contributed by atoms with Crippen LogP contribution in [0.4, 0.5) is 13.2 Å². The number of benzene rings is 1. The van der Waals surface area contributed by atoms with Crippen molar-refractivity contribution in [3.63, 3.8) is 0 Å². The highest BCUT2D eigenvalue weighted by atomic mass is 79.9. The second-order valence-corrected chi connectivity index (χ2v) is 6.59. The van der Waals surface area contributed by atoms with E-state index in [2.05, 4.69) is 15.9 Å². The highest BCUT2D eigenvalue weighted by Crippen LogP contribution is 2.34. The van der Waals surface area contributed by atoms with E-state index >= 15 is 0 Å². The molecule has 2 rings (SSSR count). The van der Waals surface area contributed by atoms with E-state index in [1.54, 1.807) is 13.0 Å². The maximum absolute atomic E-state index is 12.8. The lowest BCUT2D eigenvalue weighted by Gasteiger charge is -2.20. The lowest BCUT2D eigenvalue weighted by atomic mass is 9.90. The molecule has 0 saturated carbocycles. The molecule has 1 unspecified atom stereocenters. The summed E-state index contributed by atoms with van der Waals surface area (Å²) in [5.41, 5.74) is -1.00. The Balaban J connectivity index is 2.15. The molecule has 1 aromatic rings. The van der Waals surface area contributed by atoms with Crippen molar-refractivity contribution >= 4 is 21.9 Å². The molecule has 0 spiro atoms. The van der Waals surface area contributed by atoms with Gasteiger partial charge in [-0.3, -0.25) is 9.69 Å². The van der Waals surface area contributed by atoms with Gasteiger partial charge in [0.25, 0.3) is 0 Å². The summed E-state index contributed by atoms with van der Waals surface area (Å²) in [6.45, 7) is 2.88. The first kappa shape index (κ1) is 16.3. The van der Waals surface area contributed by atoms with E-state index in [-0.39, 0.29) is 0 Å². The molecule has 1 fully saturated rings. The molecule has 0 bridgehead atoms. The van der Waals surface area contributed by atoms with Crippen LogP contribution in [-0.4, -0.2) is 29.1 Å². The first-order valence-electron chi connectivity index (χ1n) is 6.43. The molecule has 0 amide bonds. The molecule has 116 valence electrons. The normalized spacial score (nSPS) is 23.5. The van der Waals surface area contributed by atoms with Gasteiger partial charge in [0.2, 0.25) is 0 Å². The van der Waals surface area contributed by atoms with Gasteiger partial charge in [-0.1, -0.05) is 15.9 Å². The van der Waals surface area contributed by atoms with Gasteiger partial charge in [0.15, 0.2) is 0 Å². The van der Waals surface area contributed by atoms with Gasteiger partial charge in [-0.05, 0) is 43.7 Å². The number of aliphatic carboxylic acids is 1. The first-order chi connectivity index (χ1) is 9.60. The number of alkyl halides is 3. The smallest absolute Gasteiger partial charge is 0.416 e. The van der Waals surface area contributed by atoms with Crippen LogP contribution in [0.2, 0.25) is 0 Å². The molecule has 1 aliphatic rings. The van der Waals surface area contributed by atoms with E-state index in [1.807, 2.05) is 4.90 Å². The number of halogens is 4. The van der Waals surface area contributed by atoms with Crippen molar-refractivity contribution in [3.8, 4) is 0 Å². The average molecular weight is 366 g/mol. The number of carboxylic acid groups (broad SMARTS) is 1. The quantitative estimate of drug-likeness (QED) is 0.886. The summed E-state index contributed by atoms with van der Waals surface area (Å²) in [6.07, 6.45) is -3.89. The fourth-order valence-corrected chi connectivity index (χ4v) is 3.07. The van der Waals surface area contributed by atoms with Crippen LogP contribution in [-0.2, 0) is 17.5 Å². The Morgan fingerprint density at radius 3 is 2.62 bits per heavy atom. The molecular weight excluding hydrogens is 351 g/mol. The Labute approximate surface area is 128 Å². The minimum absolute atomic E-state index is 0.311. The lowest BCUT2D eigenvalue weighted by Crippen LogP contribution is -2.31. The van der Waals surface area contributed by atoms with Gasteiger partial charge in [0, 0.05) is 17.6 Å². The van der Waals surface area contributed by atoms with Gasteiger partial charge in [-0.15, -0.1) is 0 Å². The lowest BCUT2D eigenvalue weighted by molar-refractivity contribution is -0.147. The van der Waals surface area contributed by atoms with Crippen molar-refractivity contribution in [1.29, 1.82) is 0 Å². The topological polar surface area (TPSA) is 40.5 Å². The summed E-state index contributed by atoms with van der Waals surface area (Å²) in [4.78, 5) is 13.0. The zero-order valence-corrected chi connectivity index (χ0v) is 13.0. The Hall–Kier alpha value is -1.08. The zero-order valence-electron chi connectivity index (χ0n) is 11.4. The van der Waals surface area contributed by atoms with Crippen LogP contribution < -0.4 is 0 Å². The van der Waals surface area contributed by atoms with Crippen molar-refractivity contribution in [3.05, 3.63) is 33.8 Å². The summed E-state index contributed by atoms with van der Waals surface area (Å²) in [6, 6.07) is 3.78. The van der Waals surface area contributed by atoms with Crippen molar-refractivity contribution in [2.45, 2.75) is 26.1 Å². The Bertz CT molecular complexity index is 562. The van der Waals surface area contributed by atoms with Crippen LogP contribution in [0.5, 0.6) is 0 Å². The molecule has 1 aromatic carbocycles. The van der Waals surface area contributed by atoms with Crippen LogP contribution in [0.15, 0.2) is 22.7 Å². The summed E-state index contributed by atoms with van der Waals surface area (Å²) in [5, 5.41) is 9.17. The minimum Gasteiger partial charge on any atom is -0.481 e. The molecule has 0 aliphatic carbocycles. The average Bonchev–Trinajstić information content (AvgIpc) is 2.70. The molecule has 3 nitrogen and oxygen atoms in total. The van der Waals surface area contributed by atoms with E-state index in [0.717, 1.165) is 12.1 Å². The number of carbonyl (C=O) groups is 1.